The van der Waals surface area contributed by atoms with E-state index < -0.39 is 0 Å². The summed E-state index contributed by atoms with van der Waals surface area (Å²) in [6.07, 6.45) is 6.17. The minimum Gasteiger partial charge on any atom is -0.497 e. The molecule has 0 atom stereocenters. The molecule has 2 aromatic heterocycles. The fraction of sp³-hybridized carbons (Fsp3) is 0.0556. The summed E-state index contributed by atoms with van der Waals surface area (Å²) in [4.78, 5) is 4.51. The van der Waals surface area contributed by atoms with E-state index in [1.165, 1.54) is 10.8 Å². The lowest BCUT2D eigenvalue weighted by molar-refractivity contribution is 0.414. The Balaban J connectivity index is 1.96. The van der Waals surface area contributed by atoms with Gasteiger partial charge in [0.15, 0.2) is 0 Å². The van der Waals surface area contributed by atoms with Crippen molar-refractivity contribution in [3.05, 3.63) is 67.1 Å². The Morgan fingerprint density at radius 1 is 0.952 bits per heavy atom. The smallest absolute Gasteiger partial charge is 0.120 e. The van der Waals surface area contributed by atoms with Crippen LogP contribution in [-0.4, -0.2) is 16.7 Å². The molecule has 0 amide bonds. The van der Waals surface area contributed by atoms with Gasteiger partial charge in [-0.1, -0.05) is 24.3 Å². The molecule has 0 bridgehead atoms. The zero-order valence-corrected chi connectivity index (χ0v) is 11.7. The number of rotatable bonds is 2. The first-order chi connectivity index (χ1) is 10.3. The molecule has 0 saturated carbocycles. The molecule has 0 aliphatic rings. The maximum absolute atomic E-state index is 5.29. The van der Waals surface area contributed by atoms with Gasteiger partial charge < -0.3 is 9.30 Å². The van der Waals surface area contributed by atoms with E-state index in [4.69, 9.17) is 4.74 Å². The summed E-state index contributed by atoms with van der Waals surface area (Å²) in [7, 11) is 1.68. The maximum Gasteiger partial charge on any atom is 0.120 e. The van der Waals surface area contributed by atoms with Crippen molar-refractivity contribution in [1.82, 2.24) is 9.55 Å². The molecule has 0 saturated heterocycles. The van der Waals surface area contributed by atoms with Gasteiger partial charge in [-0.05, 0) is 18.2 Å². The average Bonchev–Trinajstić information content (AvgIpc) is 2.99. The Labute approximate surface area is 122 Å². The van der Waals surface area contributed by atoms with Crippen molar-refractivity contribution < 1.29 is 4.74 Å². The van der Waals surface area contributed by atoms with Crippen LogP contribution in [0.2, 0.25) is 0 Å². The van der Waals surface area contributed by atoms with Gasteiger partial charge >= 0.3 is 0 Å². The summed E-state index contributed by atoms with van der Waals surface area (Å²) < 4.78 is 7.41. The van der Waals surface area contributed by atoms with Gasteiger partial charge in [0.2, 0.25) is 0 Å². The van der Waals surface area contributed by atoms with Gasteiger partial charge in [0.25, 0.3) is 0 Å². The second kappa shape index (κ2) is 4.63. The highest BCUT2D eigenvalue weighted by Gasteiger charge is 2.06. The van der Waals surface area contributed by atoms with Crippen LogP contribution in [0.4, 0.5) is 0 Å². The van der Waals surface area contributed by atoms with Crippen molar-refractivity contribution in [2.45, 2.75) is 0 Å². The van der Waals surface area contributed by atoms with Crippen LogP contribution in [0, 0.1) is 0 Å². The number of para-hydroxylation sites is 1. The molecule has 2 heterocycles. The number of benzene rings is 2. The second-order valence-electron chi connectivity index (χ2n) is 5.01. The number of hydrogen-bond acceptors (Lipinski definition) is 2. The highest BCUT2D eigenvalue weighted by atomic mass is 16.5. The molecule has 3 nitrogen and oxygen atoms in total. The molecule has 0 radical (unpaired) electrons. The summed E-state index contributed by atoms with van der Waals surface area (Å²) in [5.41, 5.74) is 2.10. The molecule has 0 aliphatic heterocycles. The zero-order valence-electron chi connectivity index (χ0n) is 11.7. The predicted molar refractivity (Wildman–Crippen MR) is 85.1 cm³/mol. The van der Waals surface area contributed by atoms with Crippen LogP contribution in [0.15, 0.2) is 67.1 Å². The first-order valence-electron chi connectivity index (χ1n) is 6.85. The number of hydrogen-bond donors (Lipinski definition) is 0. The first-order valence-corrected chi connectivity index (χ1v) is 6.85. The largest absolute Gasteiger partial charge is 0.497 e. The Kier molecular flexibility index (Phi) is 2.64. The molecule has 0 aliphatic carbocycles. The maximum atomic E-state index is 5.29. The van der Waals surface area contributed by atoms with Gasteiger partial charge in [-0.2, -0.15) is 0 Å². The monoisotopic (exact) mass is 274 g/mol. The minimum atomic E-state index is 0.855. The molecule has 0 unspecified atom stereocenters. The van der Waals surface area contributed by atoms with Crippen molar-refractivity contribution in [2.24, 2.45) is 0 Å². The van der Waals surface area contributed by atoms with Crippen molar-refractivity contribution in [2.75, 3.05) is 7.11 Å². The van der Waals surface area contributed by atoms with Crippen LogP contribution in [-0.2, 0) is 0 Å². The molecular formula is C18H14N2O. The highest BCUT2D eigenvalue weighted by Crippen LogP contribution is 2.26. The van der Waals surface area contributed by atoms with Gasteiger partial charge in [0.1, 0.15) is 5.75 Å². The summed E-state index contributed by atoms with van der Waals surface area (Å²) in [5.74, 6) is 0.855. The molecule has 0 N–H and O–H groups in total. The van der Waals surface area contributed by atoms with Crippen LogP contribution < -0.4 is 4.74 Å². The van der Waals surface area contributed by atoms with E-state index in [0.29, 0.717) is 0 Å². The molecule has 3 heteroatoms. The van der Waals surface area contributed by atoms with E-state index in [0.717, 1.165) is 22.3 Å². The van der Waals surface area contributed by atoms with Crippen LogP contribution >= 0.6 is 0 Å². The molecule has 0 spiro atoms. The third-order valence-corrected chi connectivity index (χ3v) is 3.75. The highest BCUT2D eigenvalue weighted by molar-refractivity contribution is 6.05. The third-order valence-electron chi connectivity index (χ3n) is 3.75. The molecule has 4 aromatic rings. The molecule has 21 heavy (non-hydrogen) atoms. The Morgan fingerprint density at radius 2 is 1.86 bits per heavy atom. The number of nitrogens with zero attached hydrogens (tertiary/aromatic N) is 2. The van der Waals surface area contributed by atoms with Crippen molar-refractivity contribution >= 4 is 21.7 Å². The van der Waals surface area contributed by atoms with E-state index >= 15 is 0 Å². The van der Waals surface area contributed by atoms with Gasteiger partial charge in [0.05, 0.1) is 12.6 Å². The lowest BCUT2D eigenvalue weighted by atomic mass is 10.1. The molecule has 4 rings (SSSR count). The SMILES string of the molecule is COc1cccc(-n2cc3cnc4ccccc4c3c2)c1. The van der Waals surface area contributed by atoms with E-state index in [9.17, 15) is 0 Å². The van der Waals surface area contributed by atoms with Gasteiger partial charge in [-0.25, -0.2) is 0 Å². The van der Waals surface area contributed by atoms with E-state index in [1.807, 2.05) is 42.6 Å². The fourth-order valence-corrected chi connectivity index (χ4v) is 2.67. The number of pyridine rings is 1. The summed E-state index contributed by atoms with van der Waals surface area (Å²) >= 11 is 0. The quantitative estimate of drug-likeness (QED) is 0.548. The molecule has 2 aromatic carbocycles. The summed E-state index contributed by atoms with van der Waals surface area (Å²) in [6.45, 7) is 0. The first kappa shape index (κ1) is 12.0. The predicted octanol–water partition coefficient (Wildman–Crippen LogP) is 4.19. The van der Waals surface area contributed by atoms with Crippen LogP contribution in [0.1, 0.15) is 0 Å². The molecular weight excluding hydrogens is 260 g/mol. The van der Waals surface area contributed by atoms with Crippen LogP contribution in [0.5, 0.6) is 5.75 Å². The lowest BCUT2D eigenvalue weighted by Gasteiger charge is -2.04. The second-order valence-corrected chi connectivity index (χ2v) is 5.01. The Hall–Kier alpha value is -2.81. The number of aromatic nitrogens is 2. The normalized spacial score (nSPS) is 11.1. The molecule has 102 valence electrons. The van der Waals surface area contributed by atoms with Crippen LogP contribution in [0.25, 0.3) is 27.4 Å². The van der Waals surface area contributed by atoms with E-state index in [2.05, 4.69) is 34.1 Å². The number of methoxy groups -OCH3 is 1. The number of ether oxygens (including phenoxy) is 1. The summed E-state index contributed by atoms with van der Waals surface area (Å²) in [6, 6.07) is 16.2. The van der Waals surface area contributed by atoms with Crippen molar-refractivity contribution in [3.63, 3.8) is 0 Å². The standard InChI is InChI=1S/C18H14N2O/c1-21-15-6-4-5-14(9-15)20-11-13-10-19-18-8-3-2-7-16(18)17(13)12-20/h2-12H,1H3. The topological polar surface area (TPSA) is 27.1 Å². The van der Waals surface area contributed by atoms with E-state index in [-0.39, 0.29) is 0 Å². The lowest BCUT2D eigenvalue weighted by Crippen LogP contribution is -1.90. The van der Waals surface area contributed by atoms with Crippen molar-refractivity contribution in [1.29, 1.82) is 0 Å². The fourth-order valence-electron chi connectivity index (χ4n) is 2.67. The zero-order chi connectivity index (χ0) is 14.2. The van der Waals surface area contributed by atoms with Gasteiger partial charge in [0, 0.05) is 46.5 Å². The Bertz CT molecular complexity index is 940. The average molecular weight is 274 g/mol. The van der Waals surface area contributed by atoms with E-state index in [1.54, 1.807) is 7.11 Å². The van der Waals surface area contributed by atoms with Crippen LogP contribution in [0.3, 0.4) is 0 Å². The number of fused-ring (bicyclic) bond motifs is 3. The van der Waals surface area contributed by atoms with Gasteiger partial charge in [-0.3, -0.25) is 4.98 Å². The third kappa shape index (κ3) is 1.94. The summed E-state index contributed by atoms with van der Waals surface area (Å²) in [5, 5.41) is 3.52. The van der Waals surface area contributed by atoms with Gasteiger partial charge in [-0.15, -0.1) is 0 Å². The molecule has 0 fully saturated rings. The minimum absolute atomic E-state index is 0.855. The Morgan fingerprint density at radius 3 is 2.76 bits per heavy atom. The van der Waals surface area contributed by atoms with Crippen molar-refractivity contribution in [3.8, 4) is 11.4 Å².